The Morgan fingerprint density at radius 3 is 2.88 bits per heavy atom. The van der Waals surface area contributed by atoms with E-state index in [1.807, 2.05) is 13.8 Å². The lowest BCUT2D eigenvalue weighted by Crippen LogP contribution is -2.34. The number of carbonyl (C=O) groups excluding carboxylic acids is 1. The Labute approximate surface area is 100 Å². The molecule has 0 saturated heterocycles. The third-order valence-corrected chi connectivity index (χ3v) is 2.86. The van der Waals surface area contributed by atoms with Gasteiger partial charge in [-0.2, -0.15) is 0 Å². The van der Waals surface area contributed by atoms with E-state index in [2.05, 4.69) is 4.74 Å². The van der Waals surface area contributed by atoms with Gasteiger partial charge in [0, 0.05) is 12.0 Å². The van der Waals surface area contributed by atoms with Gasteiger partial charge in [-0.3, -0.25) is 0 Å². The van der Waals surface area contributed by atoms with E-state index in [1.54, 1.807) is 18.2 Å². The summed E-state index contributed by atoms with van der Waals surface area (Å²) >= 11 is 0. The van der Waals surface area contributed by atoms with Crippen molar-refractivity contribution in [3.63, 3.8) is 0 Å². The molecular weight excluding hydrogens is 220 g/mol. The van der Waals surface area contributed by atoms with Crippen molar-refractivity contribution in [2.45, 2.75) is 32.0 Å². The highest BCUT2D eigenvalue weighted by atomic mass is 16.5. The summed E-state index contributed by atoms with van der Waals surface area (Å²) in [5, 5.41) is 10.0. The molecule has 1 aromatic carbocycles. The van der Waals surface area contributed by atoms with Crippen LogP contribution in [0.15, 0.2) is 18.2 Å². The number of aliphatic hydroxyl groups is 1. The number of carbonyl (C=O) groups is 1. The molecular formula is C13H16O4. The van der Waals surface area contributed by atoms with E-state index in [0.29, 0.717) is 23.3 Å². The minimum atomic E-state index is -0.613. The maximum absolute atomic E-state index is 11.4. The normalized spacial score (nSPS) is 21.3. The molecule has 17 heavy (non-hydrogen) atoms. The van der Waals surface area contributed by atoms with E-state index < -0.39 is 12.1 Å². The molecule has 4 nitrogen and oxygen atoms in total. The van der Waals surface area contributed by atoms with Crippen LogP contribution in [0.4, 0.5) is 0 Å². The topological polar surface area (TPSA) is 55.8 Å². The van der Waals surface area contributed by atoms with Gasteiger partial charge in [-0.1, -0.05) is 0 Å². The Morgan fingerprint density at radius 2 is 2.24 bits per heavy atom. The first-order valence-electron chi connectivity index (χ1n) is 5.52. The summed E-state index contributed by atoms with van der Waals surface area (Å²) in [6, 6.07) is 4.96. The summed E-state index contributed by atoms with van der Waals surface area (Å²) in [4.78, 5) is 11.4. The van der Waals surface area contributed by atoms with Crippen LogP contribution in [0.1, 0.15) is 42.3 Å². The van der Waals surface area contributed by atoms with Crippen molar-refractivity contribution in [3.05, 3.63) is 29.3 Å². The molecule has 0 spiro atoms. The smallest absolute Gasteiger partial charge is 0.337 e. The highest BCUT2D eigenvalue weighted by Crippen LogP contribution is 2.39. The quantitative estimate of drug-likeness (QED) is 0.758. The molecule has 1 N–H and O–H groups in total. The van der Waals surface area contributed by atoms with E-state index in [9.17, 15) is 9.90 Å². The lowest BCUT2D eigenvalue weighted by atomic mass is 9.91. The maximum atomic E-state index is 11.4. The van der Waals surface area contributed by atoms with E-state index in [4.69, 9.17) is 4.74 Å². The Morgan fingerprint density at radius 1 is 1.53 bits per heavy atom. The number of rotatable bonds is 1. The van der Waals surface area contributed by atoms with Gasteiger partial charge in [-0.15, -0.1) is 0 Å². The fourth-order valence-corrected chi connectivity index (χ4v) is 2.06. The fraction of sp³-hybridized carbons (Fsp3) is 0.462. The summed E-state index contributed by atoms with van der Waals surface area (Å²) in [5.41, 5.74) is 0.681. The third kappa shape index (κ3) is 2.26. The molecule has 0 saturated carbocycles. The molecule has 1 aliphatic heterocycles. The standard InChI is InChI=1S/C13H16O4/c1-13(2)7-10(14)9-6-8(12(15)16-3)4-5-11(9)17-13/h4-6,10,14H,7H2,1-3H3/t10-/m0/s1. The van der Waals surface area contributed by atoms with Crippen molar-refractivity contribution < 1.29 is 19.4 Å². The van der Waals surface area contributed by atoms with Crippen molar-refractivity contribution in [1.82, 2.24) is 0 Å². The maximum Gasteiger partial charge on any atom is 0.337 e. The molecule has 1 aliphatic rings. The van der Waals surface area contributed by atoms with Crippen LogP contribution < -0.4 is 4.74 Å². The number of methoxy groups -OCH3 is 1. The van der Waals surface area contributed by atoms with Crippen LogP contribution >= 0.6 is 0 Å². The lowest BCUT2D eigenvalue weighted by molar-refractivity contribution is 0.0115. The molecule has 2 rings (SSSR count). The highest BCUT2D eigenvalue weighted by molar-refractivity contribution is 5.89. The van der Waals surface area contributed by atoms with Gasteiger partial charge in [-0.25, -0.2) is 4.79 Å². The first kappa shape index (κ1) is 11.9. The molecule has 1 aromatic rings. The monoisotopic (exact) mass is 236 g/mol. The molecule has 4 heteroatoms. The summed E-state index contributed by atoms with van der Waals surface area (Å²) < 4.78 is 10.4. The fourth-order valence-electron chi connectivity index (χ4n) is 2.06. The van der Waals surface area contributed by atoms with Crippen molar-refractivity contribution in [1.29, 1.82) is 0 Å². The molecule has 1 atom stereocenters. The summed E-state index contributed by atoms with van der Waals surface area (Å²) in [6.45, 7) is 3.85. The number of hydrogen-bond donors (Lipinski definition) is 1. The van der Waals surface area contributed by atoms with Gasteiger partial charge in [0.25, 0.3) is 0 Å². The number of ether oxygens (including phenoxy) is 2. The molecule has 0 fully saturated rings. The average molecular weight is 236 g/mol. The van der Waals surface area contributed by atoms with Gasteiger partial charge in [0.2, 0.25) is 0 Å². The Balaban J connectivity index is 2.40. The molecule has 0 radical (unpaired) electrons. The molecule has 1 heterocycles. The van der Waals surface area contributed by atoms with Crippen molar-refractivity contribution in [2.75, 3.05) is 7.11 Å². The van der Waals surface area contributed by atoms with E-state index in [-0.39, 0.29) is 5.60 Å². The van der Waals surface area contributed by atoms with Gasteiger partial charge < -0.3 is 14.6 Å². The second-order valence-electron chi connectivity index (χ2n) is 4.83. The number of hydrogen-bond acceptors (Lipinski definition) is 4. The molecule has 0 bridgehead atoms. The molecule has 92 valence electrons. The Kier molecular flexibility index (Phi) is 2.83. The average Bonchev–Trinajstić information content (AvgIpc) is 2.26. The molecule has 0 aromatic heterocycles. The van der Waals surface area contributed by atoms with Crippen LogP contribution in [0.3, 0.4) is 0 Å². The van der Waals surface area contributed by atoms with Crippen LogP contribution in [-0.4, -0.2) is 23.8 Å². The van der Waals surface area contributed by atoms with Gasteiger partial charge in [0.15, 0.2) is 0 Å². The summed E-state index contributed by atoms with van der Waals surface area (Å²) in [6.07, 6.45) is -0.108. The molecule has 0 aliphatic carbocycles. The second kappa shape index (κ2) is 4.04. The first-order valence-corrected chi connectivity index (χ1v) is 5.52. The van der Waals surface area contributed by atoms with Crippen LogP contribution in [0.2, 0.25) is 0 Å². The van der Waals surface area contributed by atoms with Crippen molar-refractivity contribution in [2.24, 2.45) is 0 Å². The largest absolute Gasteiger partial charge is 0.487 e. The van der Waals surface area contributed by atoms with Crippen molar-refractivity contribution >= 4 is 5.97 Å². The predicted octanol–water partition coefficient (Wildman–Crippen LogP) is 2.07. The van der Waals surface area contributed by atoms with Gasteiger partial charge in [0.1, 0.15) is 11.4 Å². The number of fused-ring (bicyclic) bond motifs is 1. The zero-order chi connectivity index (χ0) is 12.6. The van der Waals surface area contributed by atoms with E-state index in [0.717, 1.165) is 0 Å². The van der Waals surface area contributed by atoms with Crippen LogP contribution in [-0.2, 0) is 4.74 Å². The zero-order valence-corrected chi connectivity index (χ0v) is 10.2. The molecule has 0 amide bonds. The minimum Gasteiger partial charge on any atom is -0.487 e. The number of benzene rings is 1. The van der Waals surface area contributed by atoms with Crippen LogP contribution in [0.5, 0.6) is 5.75 Å². The minimum absolute atomic E-state index is 0.390. The van der Waals surface area contributed by atoms with E-state index in [1.165, 1.54) is 7.11 Å². The van der Waals surface area contributed by atoms with Crippen LogP contribution in [0.25, 0.3) is 0 Å². The number of aliphatic hydroxyl groups excluding tert-OH is 1. The zero-order valence-electron chi connectivity index (χ0n) is 10.2. The lowest BCUT2D eigenvalue weighted by Gasteiger charge is -2.35. The third-order valence-electron chi connectivity index (χ3n) is 2.86. The summed E-state index contributed by atoms with van der Waals surface area (Å²) in [7, 11) is 1.33. The molecule has 0 unspecified atom stereocenters. The van der Waals surface area contributed by atoms with E-state index >= 15 is 0 Å². The first-order chi connectivity index (χ1) is 7.93. The van der Waals surface area contributed by atoms with Gasteiger partial charge in [-0.05, 0) is 32.0 Å². The SMILES string of the molecule is COC(=O)c1ccc2c(c1)[C@@H](O)CC(C)(C)O2. The van der Waals surface area contributed by atoms with Crippen molar-refractivity contribution in [3.8, 4) is 5.75 Å². The Hall–Kier alpha value is -1.55. The van der Waals surface area contributed by atoms with Gasteiger partial charge >= 0.3 is 5.97 Å². The highest BCUT2D eigenvalue weighted by Gasteiger charge is 2.33. The second-order valence-corrected chi connectivity index (χ2v) is 4.83. The van der Waals surface area contributed by atoms with Gasteiger partial charge in [0.05, 0.1) is 18.8 Å². The summed E-state index contributed by atoms with van der Waals surface area (Å²) in [5.74, 6) is 0.214. The predicted molar refractivity (Wildman–Crippen MR) is 62.1 cm³/mol. The van der Waals surface area contributed by atoms with Crippen LogP contribution in [0, 0.1) is 0 Å². The Bertz CT molecular complexity index is 451. The number of esters is 1.